The predicted octanol–water partition coefficient (Wildman–Crippen LogP) is 1.38. The second-order valence-electron chi connectivity index (χ2n) is 4.93. The van der Waals surface area contributed by atoms with Gasteiger partial charge in [0, 0.05) is 19.1 Å². The fourth-order valence-electron chi connectivity index (χ4n) is 2.05. The number of pyridine rings is 1. The van der Waals surface area contributed by atoms with Gasteiger partial charge in [-0.1, -0.05) is 0 Å². The number of rotatable bonds is 5. The van der Waals surface area contributed by atoms with E-state index in [1.54, 1.807) is 18.3 Å². The summed E-state index contributed by atoms with van der Waals surface area (Å²) in [6, 6.07) is 3.92. The molecule has 1 aliphatic heterocycles. The van der Waals surface area contributed by atoms with E-state index < -0.39 is 0 Å². The summed E-state index contributed by atoms with van der Waals surface area (Å²) >= 11 is 0. The van der Waals surface area contributed by atoms with Crippen LogP contribution in [0.25, 0.3) is 0 Å². The quantitative estimate of drug-likeness (QED) is 0.752. The van der Waals surface area contributed by atoms with Crippen molar-refractivity contribution in [3.63, 3.8) is 0 Å². The van der Waals surface area contributed by atoms with E-state index in [0.29, 0.717) is 30.4 Å². The molecule has 2 rings (SSSR count). The molecular formula is C14H20N2O3. The summed E-state index contributed by atoms with van der Waals surface area (Å²) in [5.41, 5.74) is 0.409. The summed E-state index contributed by atoms with van der Waals surface area (Å²) in [6.07, 6.45) is 2.36. The molecule has 0 bridgehead atoms. The zero-order valence-electron chi connectivity index (χ0n) is 11.4. The zero-order chi connectivity index (χ0) is 13.7. The summed E-state index contributed by atoms with van der Waals surface area (Å²) in [4.78, 5) is 16.8. The molecule has 0 aliphatic carbocycles. The van der Waals surface area contributed by atoms with Crippen molar-refractivity contribution >= 4 is 6.29 Å². The largest absolute Gasteiger partial charge is 0.489 e. The maximum absolute atomic E-state index is 10.5. The predicted molar refractivity (Wildman–Crippen MR) is 71.6 cm³/mol. The Morgan fingerprint density at radius 2 is 2.42 bits per heavy atom. The van der Waals surface area contributed by atoms with Gasteiger partial charge in [0.1, 0.15) is 24.2 Å². The highest BCUT2D eigenvalue weighted by atomic mass is 16.5. The van der Waals surface area contributed by atoms with Crippen molar-refractivity contribution in [2.24, 2.45) is 0 Å². The Balaban J connectivity index is 1.82. The molecule has 5 heteroatoms. The minimum Gasteiger partial charge on any atom is -0.489 e. The molecule has 19 heavy (non-hydrogen) atoms. The minimum absolute atomic E-state index is 0.0851. The second kappa shape index (κ2) is 6.63. The van der Waals surface area contributed by atoms with E-state index in [1.165, 1.54) is 0 Å². The van der Waals surface area contributed by atoms with Crippen LogP contribution in [0.3, 0.4) is 0 Å². The first-order valence-electron chi connectivity index (χ1n) is 6.58. The number of carbonyl (C=O) groups is 1. The topological polar surface area (TPSA) is 51.7 Å². The lowest BCUT2D eigenvalue weighted by Gasteiger charge is -2.35. The van der Waals surface area contributed by atoms with E-state index in [0.717, 1.165) is 19.7 Å². The van der Waals surface area contributed by atoms with Crippen molar-refractivity contribution in [1.82, 2.24) is 9.88 Å². The molecule has 2 heterocycles. The molecule has 1 atom stereocenters. The summed E-state index contributed by atoms with van der Waals surface area (Å²) in [6.45, 7) is 7.48. The Labute approximate surface area is 113 Å². The first-order valence-corrected chi connectivity index (χ1v) is 6.58. The minimum atomic E-state index is 0.0851. The summed E-state index contributed by atoms with van der Waals surface area (Å²) in [7, 11) is 0. The monoisotopic (exact) mass is 264 g/mol. The van der Waals surface area contributed by atoms with E-state index in [-0.39, 0.29) is 6.10 Å². The van der Waals surface area contributed by atoms with Crippen molar-refractivity contribution in [2.45, 2.75) is 26.0 Å². The Bertz CT molecular complexity index is 406. The maximum atomic E-state index is 10.5. The van der Waals surface area contributed by atoms with Gasteiger partial charge in [0.05, 0.1) is 12.8 Å². The van der Waals surface area contributed by atoms with Crippen molar-refractivity contribution in [3.8, 4) is 5.75 Å². The van der Waals surface area contributed by atoms with E-state index in [1.807, 2.05) is 0 Å². The summed E-state index contributed by atoms with van der Waals surface area (Å²) < 4.78 is 11.3. The van der Waals surface area contributed by atoms with Crippen molar-refractivity contribution in [2.75, 3.05) is 26.3 Å². The SMILES string of the molecule is CC(C)N1CCOC(COc2ccc(C=O)nc2)C1. The fraction of sp³-hybridized carbons (Fsp3) is 0.571. The van der Waals surface area contributed by atoms with E-state index in [9.17, 15) is 4.79 Å². The van der Waals surface area contributed by atoms with Gasteiger partial charge in [-0.25, -0.2) is 4.98 Å². The molecule has 104 valence electrons. The van der Waals surface area contributed by atoms with Gasteiger partial charge in [0.15, 0.2) is 6.29 Å². The van der Waals surface area contributed by atoms with Crippen molar-refractivity contribution in [3.05, 3.63) is 24.0 Å². The molecule has 1 aliphatic rings. The standard InChI is InChI=1S/C14H20N2O3/c1-11(2)16-5-6-18-14(8-16)10-19-13-4-3-12(9-17)15-7-13/h3-4,7,9,11,14H,5-6,8,10H2,1-2H3. The number of aldehydes is 1. The van der Waals surface area contributed by atoms with Gasteiger partial charge >= 0.3 is 0 Å². The lowest BCUT2D eigenvalue weighted by atomic mass is 10.2. The van der Waals surface area contributed by atoms with Crippen molar-refractivity contribution in [1.29, 1.82) is 0 Å². The highest BCUT2D eigenvalue weighted by Crippen LogP contribution is 2.12. The fourth-order valence-corrected chi connectivity index (χ4v) is 2.05. The van der Waals surface area contributed by atoms with Gasteiger partial charge in [-0.15, -0.1) is 0 Å². The highest BCUT2D eigenvalue weighted by Gasteiger charge is 2.22. The molecule has 1 aromatic heterocycles. The molecule has 0 radical (unpaired) electrons. The Morgan fingerprint density at radius 1 is 1.58 bits per heavy atom. The third-order valence-corrected chi connectivity index (χ3v) is 3.22. The van der Waals surface area contributed by atoms with Crippen LogP contribution in [0.2, 0.25) is 0 Å². The third kappa shape index (κ3) is 4.01. The van der Waals surface area contributed by atoms with E-state index >= 15 is 0 Å². The van der Waals surface area contributed by atoms with E-state index in [4.69, 9.17) is 9.47 Å². The van der Waals surface area contributed by atoms with Crippen LogP contribution in [-0.2, 0) is 4.74 Å². The second-order valence-corrected chi connectivity index (χ2v) is 4.93. The van der Waals surface area contributed by atoms with E-state index in [2.05, 4.69) is 23.7 Å². The lowest BCUT2D eigenvalue weighted by Crippen LogP contribution is -2.47. The van der Waals surface area contributed by atoms with Gasteiger partial charge in [-0.2, -0.15) is 0 Å². The number of nitrogens with zero attached hydrogens (tertiary/aromatic N) is 2. The first-order chi connectivity index (χ1) is 9.19. The van der Waals surface area contributed by atoms with Crippen LogP contribution in [-0.4, -0.2) is 54.6 Å². The molecular weight excluding hydrogens is 244 g/mol. The summed E-state index contributed by atoms with van der Waals surface area (Å²) in [5.74, 6) is 0.663. The molecule has 1 aromatic rings. The van der Waals surface area contributed by atoms with Crippen LogP contribution in [0.1, 0.15) is 24.3 Å². The van der Waals surface area contributed by atoms with Gasteiger partial charge in [0.2, 0.25) is 0 Å². The molecule has 5 nitrogen and oxygen atoms in total. The van der Waals surface area contributed by atoms with Crippen LogP contribution in [0.15, 0.2) is 18.3 Å². The average molecular weight is 264 g/mol. The van der Waals surface area contributed by atoms with Gasteiger partial charge < -0.3 is 9.47 Å². The highest BCUT2D eigenvalue weighted by molar-refractivity contribution is 5.71. The number of aromatic nitrogens is 1. The van der Waals surface area contributed by atoms with Crippen LogP contribution in [0, 0.1) is 0 Å². The smallest absolute Gasteiger partial charge is 0.168 e. The first kappa shape index (κ1) is 14.0. The van der Waals surface area contributed by atoms with Crippen molar-refractivity contribution < 1.29 is 14.3 Å². The molecule has 0 spiro atoms. The number of hydrogen-bond acceptors (Lipinski definition) is 5. The van der Waals surface area contributed by atoms with Gasteiger partial charge in [-0.05, 0) is 26.0 Å². The molecule has 0 aromatic carbocycles. The third-order valence-electron chi connectivity index (χ3n) is 3.22. The number of hydrogen-bond donors (Lipinski definition) is 0. The zero-order valence-corrected chi connectivity index (χ0v) is 11.4. The molecule has 0 amide bonds. The number of carbonyl (C=O) groups excluding carboxylic acids is 1. The van der Waals surface area contributed by atoms with Crippen LogP contribution in [0.4, 0.5) is 0 Å². The van der Waals surface area contributed by atoms with Gasteiger partial charge in [0.25, 0.3) is 0 Å². The molecule has 0 saturated carbocycles. The number of ether oxygens (including phenoxy) is 2. The Kier molecular flexibility index (Phi) is 4.87. The molecule has 1 unspecified atom stereocenters. The van der Waals surface area contributed by atoms with Crippen LogP contribution < -0.4 is 4.74 Å². The maximum Gasteiger partial charge on any atom is 0.168 e. The normalized spacial score (nSPS) is 20.5. The summed E-state index contributed by atoms with van der Waals surface area (Å²) in [5, 5.41) is 0. The van der Waals surface area contributed by atoms with Gasteiger partial charge in [-0.3, -0.25) is 9.69 Å². The molecule has 1 saturated heterocycles. The average Bonchev–Trinajstić information content (AvgIpc) is 2.46. The van der Waals surface area contributed by atoms with Crippen LogP contribution in [0.5, 0.6) is 5.75 Å². The molecule has 1 fully saturated rings. The Morgan fingerprint density at radius 3 is 3.05 bits per heavy atom. The Hall–Kier alpha value is -1.46. The lowest BCUT2D eigenvalue weighted by molar-refractivity contribution is -0.0564. The number of morpholine rings is 1. The van der Waals surface area contributed by atoms with Crippen LogP contribution >= 0.6 is 0 Å². The molecule has 0 N–H and O–H groups in total.